The molecule has 5 heteroatoms. The lowest BCUT2D eigenvalue weighted by Gasteiger charge is -2.24. The van der Waals surface area contributed by atoms with Crippen LogP contribution < -0.4 is 0 Å². The van der Waals surface area contributed by atoms with Gasteiger partial charge in [0.15, 0.2) is 0 Å². The third-order valence-electron chi connectivity index (χ3n) is 3.54. The maximum absolute atomic E-state index is 12.5. The third kappa shape index (κ3) is 4.62. The first kappa shape index (κ1) is 17.6. The van der Waals surface area contributed by atoms with E-state index in [-0.39, 0.29) is 5.91 Å². The standard InChI is InChI=1S/C18H23NO3S/c1-13(2)16-11-10-15(17(23-16)18(20)19(3)21-4)22-12-14-8-6-5-7-9-14/h5-9,11,13H,10,12H2,1-4H3. The first-order valence-electron chi connectivity index (χ1n) is 7.62. The highest BCUT2D eigenvalue weighted by Gasteiger charge is 2.26. The van der Waals surface area contributed by atoms with Crippen LogP contribution in [0.5, 0.6) is 0 Å². The van der Waals surface area contributed by atoms with Crippen LogP contribution in [-0.2, 0) is 21.0 Å². The number of amides is 1. The Morgan fingerprint density at radius 2 is 2.00 bits per heavy atom. The molecule has 1 aromatic rings. The maximum Gasteiger partial charge on any atom is 0.287 e. The van der Waals surface area contributed by atoms with Gasteiger partial charge in [-0.05, 0) is 16.4 Å². The number of thioether (sulfide) groups is 1. The molecule has 0 N–H and O–H groups in total. The number of benzene rings is 1. The number of hydroxylamine groups is 2. The average molecular weight is 333 g/mol. The monoisotopic (exact) mass is 333 g/mol. The predicted octanol–water partition coefficient (Wildman–Crippen LogP) is 4.11. The second kappa shape index (κ2) is 8.22. The number of carbonyl (C=O) groups is 1. The summed E-state index contributed by atoms with van der Waals surface area (Å²) in [5.74, 6) is 0.912. The van der Waals surface area contributed by atoms with Crippen LogP contribution in [0.4, 0.5) is 0 Å². The molecule has 0 aromatic heterocycles. The molecule has 124 valence electrons. The fourth-order valence-corrected chi connectivity index (χ4v) is 3.22. The first-order valence-corrected chi connectivity index (χ1v) is 8.44. The number of allylic oxidation sites excluding steroid dienone is 2. The lowest BCUT2D eigenvalue weighted by atomic mass is 10.1. The van der Waals surface area contributed by atoms with Crippen LogP contribution in [-0.4, -0.2) is 25.1 Å². The largest absolute Gasteiger partial charge is 0.492 e. The van der Waals surface area contributed by atoms with Crippen molar-refractivity contribution in [2.24, 2.45) is 5.92 Å². The molecule has 0 unspecified atom stereocenters. The van der Waals surface area contributed by atoms with E-state index in [9.17, 15) is 4.79 Å². The van der Waals surface area contributed by atoms with E-state index in [1.54, 1.807) is 7.05 Å². The third-order valence-corrected chi connectivity index (χ3v) is 5.02. The summed E-state index contributed by atoms with van der Waals surface area (Å²) in [6, 6.07) is 9.94. The Morgan fingerprint density at radius 3 is 2.61 bits per heavy atom. The molecule has 0 spiro atoms. The van der Waals surface area contributed by atoms with Gasteiger partial charge in [-0.3, -0.25) is 9.63 Å². The molecule has 1 aromatic carbocycles. The topological polar surface area (TPSA) is 38.8 Å². The molecule has 0 radical (unpaired) electrons. The van der Waals surface area contributed by atoms with Gasteiger partial charge in [-0.25, -0.2) is 5.06 Å². The molecule has 1 aliphatic heterocycles. The number of carbonyl (C=O) groups excluding carboxylic acids is 1. The second-order valence-electron chi connectivity index (χ2n) is 5.58. The van der Waals surface area contributed by atoms with Gasteiger partial charge in [0.1, 0.15) is 17.3 Å². The summed E-state index contributed by atoms with van der Waals surface area (Å²) < 4.78 is 5.94. The number of nitrogens with zero attached hydrogens (tertiary/aromatic N) is 1. The van der Waals surface area contributed by atoms with Crippen molar-refractivity contribution >= 4 is 17.7 Å². The van der Waals surface area contributed by atoms with Crippen molar-refractivity contribution in [2.75, 3.05) is 14.2 Å². The summed E-state index contributed by atoms with van der Waals surface area (Å²) in [4.78, 5) is 19.4. The van der Waals surface area contributed by atoms with Crippen LogP contribution in [0, 0.1) is 5.92 Å². The van der Waals surface area contributed by atoms with Crippen molar-refractivity contribution < 1.29 is 14.4 Å². The van der Waals surface area contributed by atoms with Crippen LogP contribution in [0.2, 0.25) is 0 Å². The Balaban J connectivity index is 2.18. The smallest absolute Gasteiger partial charge is 0.287 e. The van der Waals surface area contributed by atoms with Crippen LogP contribution in [0.25, 0.3) is 0 Å². The number of ether oxygens (including phenoxy) is 1. The Labute approximate surface area is 142 Å². The molecular formula is C18H23NO3S. The maximum atomic E-state index is 12.5. The quantitative estimate of drug-likeness (QED) is 0.734. The van der Waals surface area contributed by atoms with Crippen molar-refractivity contribution in [1.29, 1.82) is 0 Å². The van der Waals surface area contributed by atoms with E-state index in [1.807, 2.05) is 30.3 Å². The summed E-state index contributed by atoms with van der Waals surface area (Å²) in [7, 11) is 3.09. The minimum absolute atomic E-state index is 0.174. The zero-order chi connectivity index (χ0) is 16.8. The van der Waals surface area contributed by atoms with Crippen LogP contribution >= 0.6 is 11.8 Å². The molecule has 2 rings (SSSR count). The zero-order valence-electron chi connectivity index (χ0n) is 14.0. The molecule has 0 bridgehead atoms. The molecule has 4 nitrogen and oxygen atoms in total. The van der Waals surface area contributed by atoms with E-state index < -0.39 is 0 Å². The van der Waals surface area contributed by atoms with Gasteiger partial charge in [0.2, 0.25) is 0 Å². The fraction of sp³-hybridized carbons (Fsp3) is 0.389. The van der Waals surface area contributed by atoms with Gasteiger partial charge >= 0.3 is 0 Å². The molecule has 0 atom stereocenters. The SMILES string of the molecule is CON(C)C(=O)C1=C(OCc2ccccc2)CC=C(C(C)C)S1. The van der Waals surface area contributed by atoms with Gasteiger partial charge < -0.3 is 4.74 Å². The minimum atomic E-state index is -0.174. The lowest BCUT2D eigenvalue weighted by molar-refractivity contribution is -0.163. The van der Waals surface area contributed by atoms with Crippen LogP contribution in [0.3, 0.4) is 0 Å². The van der Waals surface area contributed by atoms with Gasteiger partial charge in [-0.15, -0.1) is 0 Å². The molecule has 0 saturated carbocycles. The number of likely N-dealkylation sites (N-methyl/N-ethyl adjacent to an activating group) is 1. The fourth-order valence-electron chi connectivity index (χ4n) is 2.11. The molecule has 0 fully saturated rings. The predicted molar refractivity (Wildman–Crippen MR) is 93.2 cm³/mol. The zero-order valence-corrected chi connectivity index (χ0v) is 14.9. The Bertz CT molecular complexity index is 608. The van der Waals surface area contributed by atoms with Gasteiger partial charge in [-0.2, -0.15) is 0 Å². The van der Waals surface area contributed by atoms with E-state index >= 15 is 0 Å². The number of hydrogen-bond donors (Lipinski definition) is 0. The van der Waals surface area contributed by atoms with E-state index in [0.29, 0.717) is 29.6 Å². The number of hydrogen-bond acceptors (Lipinski definition) is 4. The minimum Gasteiger partial charge on any atom is -0.492 e. The van der Waals surface area contributed by atoms with Crippen molar-refractivity contribution in [2.45, 2.75) is 26.9 Å². The van der Waals surface area contributed by atoms with Gasteiger partial charge in [0, 0.05) is 13.5 Å². The van der Waals surface area contributed by atoms with Gasteiger partial charge in [0.25, 0.3) is 5.91 Å². The summed E-state index contributed by atoms with van der Waals surface area (Å²) in [6.45, 7) is 4.70. The molecular weight excluding hydrogens is 310 g/mol. The molecule has 1 aliphatic rings. The Hall–Kier alpha value is -1.72. The molecule has 1 amide bonds. The highest BCUT2D eigenvalue weighted by Crippen LogP contribution is 2.39. The Kier molecular flexibility index (Phi) is 6.30. The summed E-state index contributed by atoms with van der Waals surface area (Å²) in [5, 5.41) is 1.23. The molecule has 0 saturated heterocycles. The van der Waals surface area contributed by atoms with E-state index in [1.165, 1.54) is 28.8 Å². The molecule has 0 aliphatic carbocycles. The summed E-state index contributed by atoms with van der Waals surface area (Å²) >= 11 is 1.48. The second-order valence-corrected chi connectivity index (χ2v) is 6.66. The number of rotatable bonds is 6. The summed E-state index contributed by atoms with van der Waals surface area (Å²) in [5.41, 5.74) is 1.08. The van der Waals surface area contributed by atoms with Crippen molar-refractivity contribution in [3.05, 3.63) is 57.5 Å². The average Bonchev–Trinajstić information content (AvgIpc) is 2.59. The highest BCUT2D eigenvalue weighted by atomic mass is 32.2. The van der Waals surface area contributed by atoms with Crippen LogP contribution in [0.15, 0.2) is 52.0 Å². The first-order chi connectivity index (χ1) is 11.0. The Morgan fingerprint density at radius 1 is 1.30 bits per heavy atom. The van der Waals surface area contributed by atoms with Gasteiger partial charge in [0.05, 0.1) is 7.11 Å². The summed E-state index contributed by atoms with van der Waals surface area (Å²) in [6.07, 6.45) is 2.77. The van der Waals surface area contributed by atoms with E-state index in [0.717, 1.165) is 5.56 Å². The van der Waals surface area contributed by atoms with Crippen molar-refractivity contribution in [3.8, 4) is 0 Å². The van der Waals surface area contributed by atoms with Crippen molar-refractivity contribution in [1.82, 2.24) is 5.06 Å². The molecule has 23 heavy (non-hydrogen) atoms. The van der Waals surface area contributed by atoms with Gasteiger partial charge in [-0.1, -0.05) is 62.0 Å². The lowest BCUT2D eigenvalue weighted by Crippen LogP contribution is -2.27. The van der Waals surface area contributed by atoms with Crippen molar-refractivity contribution in [3.63, 3.8) is 0 Å². The van der Waals surface area contributed by atoms with E-state index in [2.05, 4.69) is 19.9 Å². The van der Waals surface area contributed by atoms with E-state index in [4.69, 9.17) is 9.57 Å². The highest BCUT2D eigenvalue weighted by molar-refractivity contribution is 8.07. The van der Waals surface area contributed by atoms with Crippen LogP contribution in [0.1, 0.15) is 25.8 Å². The normalized spacial score (nSPS) is 14.7. The molecule has 1 heterocycles.